The number of benzene rings is 1. The Bertz CT molecular complexity index is 688. The molecule has 1 amide bonds. The van der Waals surface area contributed by atoms with Crippen LogP contribution in [0.3, 0.4) is 0 Å². The van der Waals surface area contributed by atoms with Crippen molar-refractivity contribution in [3.63, 3.8) is 0 Å². The van der Waals surface area contributed by atoms with Crippen LogP contribution in [0.15, 0.2) is 30.3 Å². The van der Waals surface area contributed by atoms with Gasteiger partial charge in [0, 0.05) is 12.8 Å². The summed E-state index contributed by atoms with van der Waals surface area (Å²) < 4.78 is 65.0. The quantitative estimate of drug-likeness (QED) is 0.843. The van der Waals surface area contributed by atoms with Gasteiger partial charge in [-0.3, -0.25) is 4.79 Å². The molecule has 8 heteroatoms. The molecule has 1 aromatic rings. The third-order valence-electron chi connectivity index (χ3n) is 4.36. The Morgan fingerprint density at radius 3 is 2.30 bits per heavy atom. The Morgan fingerprint density at radius 2 is 1.83 bits per heavy atom. The van der Waals surface area contributed by atoms with Crippen LogP contribution in [-0.4, -0.2) is 43.5 Å². The highest BCUT2D eigenvalue weighted by atomic mass is 32.2. The second-order valence-corrected chi connectivity index (χ2v) is 8.16. The van der Waals surface area contributed by atoms with Crippen LogP contribution in [0.1, 0.15) is 25.3 Å². The SMILES string of the molecule is C[C@@H](C(=O)N1CCC[C@]1(c1ccccc1)C(F)(F)F)S(C)(=O)=O. The summed E-state index contributed by atoms with van der Waals surface area (Å²) in [5, 5.41) is -1.51. The van der Waals surface area contributed by atoms with E-state index < -0.39 is 32.7 Å². The van der Waals surface area contributed by atoms with Crippen LogP contribution in [-0.2, 0) is 20.2 Å². The fourth-order valence-electron chi connectivity index (χ4n) is 2.99. The number of nitrogens with zero attached hydrogens (tertiary/aromatic N) is 1. The number of likely N-dealkylation sites (tertiary alicyclic amines) is 1. The average Bonchev–Trinajstić information content (AvgIpc) is 2.91. The highest BCUT2D eigenvalue weighted by Gasteiger charge is 2.63. The van der Waals surface area contributed by atoms with E-state index in [4.69, 9.17) is 0 Å². The molecule has 2 atom stereocenters. The summed E-state index contributed by atoms with van der Waals surface area (Å²) in [5.74, 6) is -1.01. The fourth-order valence-corrected chi connectivity index (χ4v) is 3.49. The van der Waals surface area contributed by atoms with Crippen LogP contribution < -0.4 is 0 Å². The Hall–Kier alpha value is -1.57. The highest BCUT2D eigenvalue weighted by molar-refractivity contribution is 7.92. The molecule has 0 aliphatic carbocycles. The van der Waals surface area contributed by atoms with Gasteiger partial charge in [-0.1, -0.05) is 30.3 Å². The zero-order chi connectivity index (χ0) is 17.5. The molecule has 128 valence electrons. The molecule has 1 fully saturated rings. The summed E-state index contributed by atoms with van der Waals surface area (Å²) in [6.07, 6.45) is -3.96. The number of carbonyl (C=O) groups excluding carboxylic acids is 1. The van der Waals surface area contributed by atoms with Gasteiger partial charge in [0.2, 0.25) is 5.91 Å². The third kappa shape index (κ3) is 2.96. The first kappa shape index (κ1) is 17.8. The van der Waals surface area contributed by atoms with E-state index in [-0.39, 0.29) is 24.9 Å². The molecule has 2 rings (SSSR count). The largest absolute Gasteiger partial charge is 0.415 e. The van der Waals surface area contributed by atoms with Crippen molar-refractivity contribution >= 4 is 15.7 Å². The lowest BCUT2D eigenvalue weighted by atomic mass is 9.86. The first-order valence-electron chi connectivity index (χ1n) is 7.14. The zero-order valence-corrected chi connectivity index (χ0v) is 13.6. The molecule has 1 aliphatic rings. The van der Waals surface area contributed by atoms with Gasteiger partial charge in [-0.25, -0.2) is 8.42 Å². The second-order valence-electron chi connectivity index (χ2n) is 5.79. The lowest BCUT2D eigenvalue weighted by molar-refractivity contribution is -0.228. The lowest BCUT2D eigenvalue weighted by Crippen LogP contribution is -2.57. The van der Waals surface area contributed by atoms with Crippen molar-refractivity contribution in [2.75, 3.05) is 12.8 Å². The van der Waals surface area contributed by atoms with Crippen LogP contribution in [0.2, 0.25) is 0 Å². The van der Waals surface area contributed by atoms with Crippen molar-refractivity contribution in [3.05, 3.63) is 35.9 Å². The number of carbonyl (C=O) groups is 1. The molecule has 1 heterocycles. The maximum atomic E-state index is 13.9. The zero-order valence-electron chi connectivity index (χ0n) is 12.8. The van der Waals surface area contributed by atoms with E-state index in [0.29, 0.717) is 4.90 Å². The first-order valence-corrected chi connectivity index (χ1v) is 9.10. The van der Waals surface area contributed by atoms with E-state index in [1.54, 1.807) is 6.07 Å². The summed E-state index contributed by atoms with van der Waals surface area (Å²) in [7, 11) is -3.78. The van der Waals surface area contributed by atoms with Crippen molar-refractivity contribution in [2.24, 2.45) is 0 Å². The normalized spacial score (nSPS) is 23.8. The number of alkyl halides is 3. The molecule has 1 aliphatic heterocycles. The summed E-state index contributed by atoms with van der Waals surface area (Å²) in [5.41, 5.74) is -2.51. The number of amides is 1. The van der Waals surface area contributed by atoms with Gasteiger partial charge in [0.15, 0.2) is 15.4 Å². The van der Waals surface area contributed by atoms with Gasteiger partial charge in [0.1, 0.15) is 5.25 Å². The van der Waals surface area contributed by atoms with Gasteiger partial charge in [-0.2, -0.15) is 13.2 Å². The smallest absolute Gasteiger partial charge is 0.323 e. The summed E-state index contributed by atoms with van der Waals surface area (Å²) in [6, 6.07) is 7.19. The molecule has 0 N–H and O–H groups in total. The van der Waals surface area contributed by atoms with Gasteiger partial charge < -0.3 is 4.90 Å². The molecular formula is C15H18F3NO3S. The number of hydrogen-bond acceptors (Lipinski definition) is 3. The predicted octanol–water partition coefficient (Wildman–Crippen LogP) is 2.50. The van der Waals surface area contributed by atoms with E-state index in [0.717, 1.165) is 13.2 Å². The number of hydrogen-bond donors (Lipinski definition) is 0. The van der Waals surface area contributed by atoms with Crippen LogP contribution in [0, 0.1) is 0 Å². The molecule has 0 bridgehead atoms. The Morgan fingerprint density at radius 1 is 1.26 bits per heavy atom. The van der Waals surface area contributed by atoms with Crippen LogP contribution in [0.5, 0.6) is 0 Å². The number of sulfone groups is 1. The highest BCUT2D eigenvalue weighted by Crippen LogP contribution is 2.50. The molecular weight excluding hydrogens is 331 g/mol. The fraction of sp³-hybridized carbons (Fsp3) is 0.533. The standard InChI is InChI=1S/C15H18F3NO3S/c1-11(23(2,21)22)13(20)19-10-6-9-14(19,15(16,17)18)12-7-4-3-5-8-12/h3-5,7-8,11H,6,9-10H2,1-2H3/t11-,14-/m0/s1. The number of halogens is 3. The Labute approximate surface area is 133 Å². The topological polar surface area (TPSA) is 54.5 Å². The molecule has 0 unspecified atom stereocenters. The van der Waals surface area contributed by atoms with E-state index in [2.05, 4.69) is 0 Å². The Balaban J connectivity index is 2.57. The van der Waals surface area contributed by atoms with Gasteiger partial charge in [0.05, 0.1) is 0 Å². The van der Waals surface area contributed by atoms with Crippen molar-refractivity contribution < 1.29 is 26.4 Å². The summed E-state index contributed by atoms with van der Waals surface area (Å²) >= 11 is 0. The minimum atomic E-state index is -4.70. The maximum Gasteiger partial charge on any atom is 0.415 e. The van der Waals surface area contributed by atoms with Gasteiger partial charge in [-0.05, 0) is 25.3 Å². The third-order valence-corrected chi connectivity index (χ3v) is 5.84. The van der Waals surface area contributed by atoms with E-state index >= 15 is 0 Å². The van der Waals surface area contributed by atoms with Gasteiger partial charge in [-0.15, -0.1) is 0 Å². The van der Waals surface area contributed by atoms with E-state index in [9.17, 15) is 26.4 Å². The van der Waals surface area contributed by atoms with Crippen LogP contribution in [0.25, 0.3) is 0 Å². The summed E-state index contributed by atoms with van der Waals surface area (Å²) in [4.78, 5) is 13.2. The van der Waals surface area contributed by atoms with Crippen molar-refractivity contribution in [3.8, 4) is 0 Å². The van der Waals surface area contributed by atoms with E-state index in [1.807, 2.05) is 0 Å². The minimum absolute atomic E-state index is 0.0425. The van der Waals surface area contributed by atoms with Crippen LogP contribution >= 0.6 is 0 Å². The Kier molecular flexibility index (Phi) is 4.49. The summed E-state index contributed by atoms with van der Waals surface area (Å²) in [6.45, 7) is 1.01. The average molecular weight is 349 g/mol. The van der Waals surface area contributed by atoms with Crippen molar-refractivity contribution in [1.29, 1.82) is 0 Å². The molecule has 0 spiro atoms. The second kappa shape index (κ2) is 5.81. The number of rotatable bonds is 3. The molecule has 1 aromatic carbocycles. The van der Waals surface area contributed by atoms with E-state index in [1.165, 1.54) is 24.3 Å². The molecule has 0 aromatic heterocycles. The molecule has 1 saturated heterocycles. The molecule has 4 nitrogen and oxygen atoms in total. The molecule has 0 saturated carbocycles. The van der Waals surface area contributed by atoms with Gasteiger partial charge >= 0.3 is 6.18 Å². The van der Waals surface area contributed by atoms with Crippen molar-refractivity contribution in [1.82, 2.24) is 4.90 Å². The lowest BCUT2D eigenvalue weighted by Gasteiger charge is -2.41. The van der Waals surface area contributed by atoms with Crippen LogP contribution in [0.4, 0.5) is 13.2 Å². The van der Waals surface area contributed by atoms with Gasteiger partial charge in [0.25, 0.3) is 0 Å². The molecule has 0 radical (unpaired) electrons. The maximum absolute atomic E-state index is 13.9. The molecule has 23 heavy (non-hydrogen) atoms. The van der Waals surface area contributed by atoms with Crippen molar-refractivity contribution in [2.45, 2.75) is 36.7 Å². The predicted molar refractivity (Wildman–Crippen MR) is 79.4 cm³/mol. The monoisotopic (exact) mass is 349 g/mol. The minimum Gasteiger partial charge on any atom is -0.323 e. The first-order chi connectivity index (χ1) is 10.5.